The van der Waals surface area contributed by atoms with Crippen molar-refractivity contribution in [3.05, 3.63) is 41.3 Å². The molecule has 0 saturated carbocycles. The molecule has 7 nitrogen and oxygen atoms in total. The number of aryl methyl sites for hydroxylation is 1. The van der Waals surface area contributed by atoms with Gasteiger partial charge < -0.3 is 18.9 Å². The number of rotatable bonds is 5. The summed E-state index contributed by atoms with van der Waals surface area (Å²) < 4.78 is 15.8. The molecule has 1 aliphatic heterocycles. The first-order chi connectivity index (χ1) is 12.1. The molecule has 3 rings (SSSR count). The molecule has 1 aliphatic rings. The van der Waals surface area contributed by atoms with E-state index in [1.807, 2.05) is 17.9 Å². The average Bonchev–Trinajstić information content (AvgIpc) is 3.06. The summed E-state index contributed by atoms with van der Waals surface area (Å²) in [6.45, 7) is 5.60. The van der Waals surface area contributed by atoms with Gasteiger partial charge in [0, 0.05) is 37.8 Å². The highest BCUT2D eigenvalue weighted by molar-refractivity contribution is 5.95. The zero-order valence-corrected chi connectivity index (χ0v) is 14.8. The summed E-state index contributed by atoms with van der Waals surface area (Å²) in [5, 5.41) is 3.91. The van der Waals surface area contributed by atoms with Crippen LogP contribution >= 0.6 is 0 Å². The summed E-state index contributed by atoms with van der Waals surface area (Å²) in [5.41, 5.74) is 1.49. The molecule has 0 aliphatic carbocycles. The highest BCUT2D eigenvalue weighted by Gasteiger charge is 2.23. The van der Waals surface area contributed by atoms with Gasteiger partial charge in [0.1, 0.15) is 0 Å². The largest absolute Gasteiger partial charge is 0.493 e. The van der Waals surface area contributed by atoms with E-state index >= 15 is 0 Å². The van der Waals surface area contributed by atoms with Crippen LogP contribution < -0.4 is 9.47 Å². The smallest absolute Gasteiger partial charge is 0.254 e. The molecule has 0 atom stereocenters. The van der Waals surface area contributed by atoms with Crippen LogP contribution in [0.3, 0.4) is 0 Å². The van der Waals surface area contributed by atoms with E-state index in [0.717, 1.165) is 31.1 Å². The van der Waals surface area contributed by atoms with Gasteiger partial charge in [-0.25, -0.2) is 0 Å². The number of hydrogen-bond donors (Lipinski definition) is 0. The topological polar surface area (TPSA) is 68.0 Å². The number of ether oxygens (including phenoxy) is 2. The molecule has 0 spiro atoms. The lowest BCUT2D eigenvalue weighted by atomic mass is 10.1. The predicted molar refractivity (Wildman–Crippen MR) is 92.0 cm³/mol. The summed E-state index contributed by atoms with van der Waals surface area (Å²) in [6, 6.07) is 7.20. The first-order valence-corrected chi connectivity index (χ1v) is 8.26. The molecule has 1 amide bonds. The van der Waals surface area contributed by atoms with Gasteiger partial charge in [0.05, 0.1) is 26.5 Å². The summed E-state index contributed by atoms with van der Waals surface area (Å²) in [4.78, 5) is 16.8. The maximum absolute atomic E-state index is 12.7. The lowest BCUT2D eigenvalue weighted by Crippen LogP contribution is -2.48. The molecule has 2 heterocycles. The maximum Gasteiger partial charge on any atom is 0.254 e. The molecule has 1 fully saturated rings. The number of methoxy groups -OCH3 is 2. The first kappa shape index (κ1) is 17.3. The second-order valence-corrected chi connectivity index (χ2v) is 6.07. The Hall–Kier alpha value is -2.54. The van der Waals surface area contributed by atoms with Gasteiger partial charge in [0.15, 0.2) is 17.3 Å². The van der Waals surface area contributed by atoms with E-state index in [9.17, 15) is 4.79 Å². The normalized spacial score (nSPS) is 15.2. The maximum atomic E-state index is 12.7. The second kappa shape index (κ2) is 7.57. The quantitative estimate of drug-likeness (QED) is 0.825. The molecular formula is C18H23N3O4. The van der Waals surface area contributed by atoms with Crippen molar-refractivity contribution < 1.29 is 18.8 Å². The third-order valence-electron chi connectivity index (χ3n) is 4.35. The van der Waals surface area contributed by atoms with Gasteiger partial charge in [-0.15, -0.1) is 0 Å². The predicted octanol–water partition coefficient (Wildman–Crippen LogP) is 1.96. The van der Waals surface area contributed by atoms with Crippen LogP contribution in [0.25, 0.3) is 0 Å². The Morgan fingerprint density at radius 1 is 1.12 bits per heavy atom. The van der Waals surface area contributed by atoms with E-state index in [2.05, 4.69) is 10.1 Å². The highest BCUT2D eigenvalue weighted by Crippen LogP contribution is 2.28. The molecule has 1 saturated heterocycles. The Bertz CT molecular complexity index is 736. The summed E-state index contributed by atoms with van der Waals surface area (Å²) in [5.74, 6) is 2.05. The van der Waals surface area contributed by atoms with Gasteiger partial charge in [-0.2, -0.15) is 0 Å². The third kappa shape index (κ3) is 3.93. The van der Waals surface area contributed by atoms with Crippen molar-refractivity contribution in [1.82, 2.24) is 15.0 Å². The van der Waals surface area contributed by atoms with Crippen molar-refractivity contribution in [1.29, 1.82) is 0 Å². The molecule has 25 heavy (non-hydrogen) atoms. The van der Waals surface area contributed by atoms with E-state index in [4.69, 9.17) is 14.0 Å². The van der Waals surface area contributed by atoms with Crippen molar-refractivity contribution in [3.63, 3.8) is 0 Å². The molecule has 0 N–H and O–H groups in total. The zero-order valence-electron chi connectivity index (χ0n) is 14.8. The van der Waals surface area contributed by atoms with E-state index < -0.39 is 0 Å². The monoisotopic (exact) mass is 345 g/mol. The van der Waals surface area contributed by atoms with Crippen molar-refractivity contribution in [3.8, 4) is 11.5 Å². The van der Waals surface area contributed by atoms with Crippen LogP contribution in [-0.2, 0) is 6.54 Å². The molecule has 7 heteroatoms. The number of carbonyl (C=O) groups is 1. The standard InChI is InChI=1S/C18H23N3O4/c1-13-10-15(25-19-13)12-20-6-8-21(9-7-20)18(22)14-4-5-16(23-2)17(11-14)24-3/h4-5,10-11H,6-9,12H2,1-3H3. The van der Waals surface area contributed by atoms with Crippen LogP contribution in [0.1, 0.15) is 21.8 Å². The van der Waals surface area contributed by atoms with E-state index in [-0.39, 0.29) is 5.91 Å². The second-order valence-electron chi connectivity index (χ2n) is 6.07. The minimum absolute atomic E-state index is 0.0103. The molecule has 0 radical (unpaired) electrons. The molecule has 134 valence electrons. The zero-order chi connectivity index (χ0) is 17.8. The number of benzene rings is 1. The third-order valence-corrected chi connectivity index (χ3v) is 4.35. The van der Waals surface area contributed by atoms with Gasteiger partial charge in [-0.3, -0.25) is 9.69 Å². The van der Waals surface area contributed by atoms with E-state index in [0.29, 0.717) is 30.2 Å². The fraction of sp³-hybridized carbons (Fsp3) is 0.444. The molecule has 0 bridgehead atoms. The Labute approximate surface area is 147 Å². The number of hydrogen-bond acceptors (Lipinski definition) is 6. The highest BCUT2D eigenvalue weighted by atomic mass is 16.5. The first-order valence-electron chi connectivity index (χ1n) is 8.26. The Kier molecular flexibility index (Phi) is 5.23. The summed E-state index contributed by atoms with van der Waals surface area (Å²) in [6.07, 6.45) is 0. The fourth-order valence-electron chi connectivity index (χ4n) is 2.97. The Morgan fingerprint density at radius 3 is 2.44 bits per heavy atom. The minimum Gasteiger partial charge on any atom is -0.493 e. The van der Waals surface area contributed by atoms with Crippen molar-refractivity contribution in [2.45, 2.75) is 13.5 Å². The van der Waals surface area contributed by atoms with Gasteiger partial charge in [0.2, 0.25) is 0 Å². The summed E-state index contributed by atoms with van der Waals surface area (Å²) >= 11 is 0. The minimum atomic E-state index is 0.0103. The van der Waals surface area contributed by atoms with Crippen molar-refractivity contribution in [2.24, 2.45) is 0 Å². The average molecular weight is 345 g/mol. The van der Waals surface area contributed by atoms with Crippen molar-refractivity contribution >= 4 is 5.91 Å². The van der Waals surface area contributed by atoms with E-state index in [1.54, 1.807) is 32.4 Å². The number of nitrogens with zero attached hydrogens (tertiary/aromatic N) is 3. The van der Waals surface area contributed by atoms with Gasteiger partial charge in [-0.05, 0) is 25.1 Å². The number of aromatic nitrogens is 1. The molecule has 0 unspecified atom stereocenters. The number of carbonyl (C=O) groups excluding carboxylic acids is 1. The van der Waals surface area contributed by atoms with Gasteiger partial charge in [0.25, 0.3) is 5.91 Å². The SMILES string of the molecule is COc1ccc(C(=O)N2CCN(Cc3cc(C)no3)CC2)cc1OC. The summed E-state index contributed by atoms with van der Waals surface area (Å²) in [7, 11) is 3.14. The molecule has 1 aromatic heterocycles. The van der Waals surface area contributed by atoms with Crippen molar-refractivity contribution in [2.75, 3.05) is 40.4 Å². The van der Waals surface area contributed by atoms with Crippen LogP contribution in [0.4, 0.5) is 0 Å². The fourth-order valence-corrected chi connectivity index (χ4v) is 2.97. The van der Waals surface area contributed by atoms with E-state index in [1.165, 1.54) is 0 Å². The molecule has 1 aromatic carbocycles. The molecule has 2 aromatic rings. The van der Waals surface area contributed by atoms with Gasteiger partial charge >= 0.3 is 0 Å². The van der Waals surface area contributed by atoms with Crippen LogP contribution in [0, 0.1) is 6.92 Å². The van der Waals surface area contributed by atoms with Crippen LogP contribution in [0.15, 0.2) is 28.8 Å². The lowest BCUT2D eigenvalue weighted by molar-refractivity contribution is 0.0617. The lowest BCUT2D eigenvalue weighted by Gasteiger charge is -2.34. The number of amides is 1. The molecular weight excluding hydrogens is 322 g/mol. The van der Waals surface area contributed by atoms with Crippen LogP contribution in [0.2, 0.25) is 0 Å². The van der Waals surface area contributed by atoms with Crippen LogP contribution in [-0.4, -0.2) is 61.3 Å². The van der Waals surface area contributed by atoms with Crippen LogP contribution in [0.5, 0.6) is 11.5 Å². The Morgan fingerprint density at radius 2 is 1.84 bits per heavy atom. The van der Waals surface area contributed by atoms with Gasteiger partial charge in [-0.1, -0.05) is 5.16 Å². The Balaban J connectivity index is 1.59. The number of piperazine rings is 1.